The van der Waals surface area contributed by atoms with Crippen molar-refractivity contribution in [3.05, 3.63) is 71.1 Å². The Kier molecular flexibility index (Phi) is 4.89. The molecule has 0 saturated carbocycles. The molecule has 6 nitrogen and oxygen atoms in total. The van der Waals surface area contributed by atoms with E-state index >= 15 is 0 Å². The number of hydrogen-bond donors (Lipinski definition) is 1. The van der Waals surface area contributed by atoms with Crippen molar-refractivity contribution < 1.29 is 21.7 Å². The van der Waals surface area contributed by atoms with Gasteiger partial charge in [-0.3, -0.25) is 4.72 Å². The Morgan fingerprint density at radius 2 is 1.79 bits per heavy atom. The van der Waals surface area contributed by atoms with Crippen LogP contribution in [-0.2, 0) is 10.0 Å². The number of aryl methyl sites for hydroxylation is 1. The van der Waals surface area contributed by atoms with Crippen molar-refractivity contribution in [2.75, 3.05) is 4.72 Å². The van der Waals surface area contributed by atoms with Gasteiger partial charge in [0.05, 0.1) is 4.88 Å². The highest BCUT2D eigenvalue weighted by Gasteiger charge is 2.23. The van der Waals surface area contributed by atoms with Crippen LogP contribution in [0.4, 0.5) is 14.5 Å². The smallest absolute Gasteiger partial charge is 0.268 e. The first-order chi connectivity index (χ1) is 13.8. The van der Waals surface area contributed by atoms with Gasteiger partial charge in [0.2, 0.25) is 5.82 Å². The minimum Gasteiger partial charge on any atom is -0.333 e. The summed E-state index contributed by atoms with van der Waals surface area (Å²) in [5, 5.41) is 3.83. The quantitative estimate of drug-likeness (QED) is 0.486. The number of anilines is 1. The van der Waals surface area contributed by atoms with Crippen molar-refractivity contribution in [1.29, 1.82) is 0 Å². The summed E-state index contributed by atoms with van der Waals surface area (Å²) in [5.41, 5.74) is 0.684. The first-order valence-electron chi connectivity index (χ1n) is 8.31. The molecule has 10 heteroatoms. The first kappa shape index (κ1) is 19.2. The second-order valence-corrected chi connectivity index (χ2v) is 8.98. The molecule has 0 bridgehead atoms. The zero-order valence-electron chi connectivity index (χ0n) is 14.9. The fourth-order valence-electron chi connectivity index (χ4n) is 2.63. The standard InChI is InChI=1S/C19H13F2N3O3S2/c1-11-17(29(25,26)24-15-7-5-13(20)6-8-15)10-16(28-11)19-22-18(23-27-19)12-3-2-4-14(21)9-12/h2-10,24H,1H3. The van der Waals surface area contributed by atoms with Crippen molar-refractivity contribution in [2.24, 2.45) is 0 Å². The largest absolute Gasteiger partial charge is 0.333 e. The Morgan fingerprint density at radius 1 is 1.03 bits per heavy atom. The lowest BCUT2D eigenvalue weighted by molar-refractivity contribution is 0.433. The van der Waals surface area contributed by atoms with Gasteiger partial charge in [-0.25, -0.2) is 17.2 Å². The lowest BCUT2D eigenvalue weighted by Crippen LogP contribution is -2.13. The average molecular weight is 433 g/mol. The molecule has 0 aliphatic carbocycles. The van der Waals surface area contributed by atoms with Crippen molar-refractivity contribution >= 4 is 27.0 Å². The molecule has 2 heterocycles. The molecule has 4 rings (SSSR count). The number of thiophene rings is 1. The van der Waals surface area contributed by atoms with E-state index in [1.165, 1.54) is 47.7 Å². The molecule has 0 spiro atoms. The number of aromatic nitrogens is 2. The van der Waals surface area contributed by atoms with Crippen LogP contribution in [0.5, 0.6) is 0 Å². The van der Waals surface area contributed by atoms with Crippen LogP contribution in [0, 0.1) is 18.6 Å². The van der Waals surface area contributed by atoms with E-state index in [-0.39, 0.29) is 22.3 Å². The SMILES string of the molecule is Cc1sc(-c2nc(-c3cccc(F)c3)no2)cc1S(=O)(=O)Nc1ccc(F)cc1. The minimum absolute atomic E-state index is 0.0485. The number of sulfonamides is 1. The van der Waals surface area contributed by atoms with Crippen molar-refractivity contribution in [3.8, 4) is 22.2 Å². The molecule has 1 N–H and O–H groups in total. The molecule has 2 aromatic heterocycles. The fraction of sp³-hybridized carbons (Fsp3) is 0.0526. The molecule has 0 fully saturated rings. The summed E-state index contributed by atoms with van der Waals surface area (Å²) in [7, 11) is -3.90. The minimum atomic E-state index is -3.90. The van der Waals surface area contributed by atoms with E-state index in [2.05, 4.69) is 14.9 Å². The van der Waals surface area contributed by atoms with Crippen LogP contribution in [-0.4, -0.2) is 18.6 Å². The van der Waals surface area contributed by atoms with Crippen LogP contribution < -0.4 is 4.72 Å². The number of benzene rings is 2. The predicted octanol–water partition coefficient (Wildman–Crippen LogP) is 4.85. The highest BCUT2D eigenvalue weighted by atomic mass is 32.2. The van der Waals surface area contributed by atoms with Gasteiger partial charge in [0.15, 0.2) is 0 Å². The van der Waals surface area contributed by atoms with Crippen LogP contribution in [0.25, 0.3) is 22.2 Å². The number of halogens is 2. The van der Waals surface area contributed by atoms with E-state index in [0.717, 1.165) is 12.1 Å². The third kappa shape index (κ3) is 4.03. The molecule has 0 unspecified atom stereocenters. The zero-order valence-corrected chi connectivity index (χ0v) is 16.5. The van der Waals surface area contributed by atoms with Gasteiger partial charge in [-0.05, 0) is 49.4 Å². The molecule has 0 saturated heterocycles. The van der Waals surface area contributed by atoms with Crippen LogP contribution >= 0.6 is 11.3 Å². The van der Waals surface area contributed by atoms with E-state index in [0.29, 0.717) is 15.3 Å². The third-order valence-electron chi connectivity index (χ3n) is 3.98. The van der Waals surface area contributed by atoms with E-state index in [9.17, 15) is 17.2 Å². The Balaban J connectivity index is 1.63. The van der Waals surface area contributed by atoms with Gasteiger partial charge in [0.25, 0.3) is 15.9 Å². The molecule has 0 radical (unpaired) electrons. The molecule has 0 amide bonds. The molecule has 2 aromatic carbocycles. The van der Waals surface area contributed by atoms with Crippen molar-refractivity contribution in [2.45, 2.75) is 11.8 Å². The summed E-state index contributed by atoms with van der Waals surface area (Å²) in [6, 6.07) is 12.2. The molecule has 29 heavy (non-hydrogen) atoms. The molecule has 4 aromatic rings. The summed E-state index contributed by atoms with van der Waals surface area (Å²) < 4.78 is 59.5. The topological polar surface area (TPSA) is 85.1 Å². The first-order valence-corrected chi connectivity index (χ1v) is 10.6. The second-order valence-electron chi connectivity index (χ2n) is 6.08. The fourth-order valence-corrected chi connectivity index (χ4v) is 5.21. The van der Waals surface area contributed by atoms with Crippen molar-refractivity contribution in [3.63, 3.8) is 0 Å². The lowest BCUT2D eigenvalue weighted by atomic mass is 10.2. The summed E-state index contributed by atoms with van der Waals surface area (Å²) in [6.07, 6.45) is 0. The molecule has 148 valence electrons. The monoisotopic (exact) mass is 433 g/mol. The van der Waals surface area contributed by atoms with E-state index in [1.54, 1.807) is 13.0 Å². The highest BCUT2D eigenvalue weighted by molar-refractivity contribution is 7.93. The van der Waals surface area contributed by atoms with Crippen LogP contribution in [0.15, 0.2) is 64.0 Å². The predicted molar refractivity (Wildman–Crippen MR) is 105 cm³/mol. The number of nitrogens with one attached hydrogen (secondary N) is 1. The van der Waals surface area contributed by atoms with Gasteiger partial charge >= 0.3 is 0 Å². The van der Waals surface area contributed by atoms with Gasteiger partial charge in [0, 0.05) is 16.1 Å². The summed E-state index contributed by atoms with van der Waals surface area (Å²) in [5.74, 6) is -0.575. The van der Waals surface area contributed by atoms with E-state index < -0.39 is 21.7 Å². The maximum absolute atomic E-state index is 13.4. The average Bonchev–Trinajstić information content (AvgIpc) is 3.31. The third-order valence-corrected chi connectivity index (χ3v) is 6.65. The lowest BCUT2D eigenvalue weighted by Gasteiger charge is -2.07. The molecular weight excluding hydrogens is 420 g/mol. The maximum atomic E-state index is 13.4. The van der Waals surface area contributed by atoms with Gasteiger partial charge < -0.3 is 4.52 Å². The maximum Gasteiger partial charge on any atom is 0.268 e. The Hall–Kier alpha value is -3.11. The van der Waals surface area contributed by atoms with E-state index in [1.807, 2.05) is 0 Å². The summed E-state index contributed by atoms with van der Waals surface area (Å²) in [4.78, 5) is 5.25. The summed E-state index contributed by atoms with van der Waals surface area (Å²) >= 11 is 1.17. The molecule has 0 atom stereocenters. The van der Waals surface area contributed by atoms with Crippen molar-refractivity contribution in [1.82, 2.24) is 10.1 Å². The highest BCUT2D eigenvalue weighted by Crippen LogP contribution is 2.34. The Morgan fingerprint density at radius 3 is 2.52 bits per heavy atom. The number of hydrogen-bond acceptors (Lipinski definition) is 6. The zero-order chi connectivity index (χ0) is 20.6. The van der Waals surface area contributed by atoms with Crippen LogP contribution in [0.1, 0.15) is 4.88 Å². The molecule has 0 aliphatic rings. The van der Waals surface area contributed by atoms with Gasteiger partial charge in [-0.15, -0.1) is 11.3 Å². The second kappa shape index (κ2) is 7.37. The Labute approximate surface area is 168 Å². The number of nitrogens with zero attached hydrogens (tertiary/aromatic N) is 2. The van der Waals surface area contributed by atoms with Gasteiger partial charge in [0.1, 0.15) is 16.5 Å². The molecular formula is C19H13F2N3O3S2. The van der Waals surface area contributed by atoms with Crippen LogP contribution in [0.2, 0.25) is 0 Å². The normalized spacial score (nSPS) is 11.6. The molecule has 0 aliphatic heterocycles. The Bertz CT molecular complexity index is 1280. The summed E-state index contributed by atoms with van der Waals surface area (Å²) in [6.45, 7) is 1.65. The van der Waals surface area contributed by atoms with Crippen LogP contribution in [0.3, 0.4) is 0 Å². The van der Waals surface area contributed by atoms with Gasteiger partial charge in [-0.1, -0.05) is 17.3 Å². The van der Waals surface area contributed by atoms with E-state index in [4.69, 9.17) is 4.52 Å². The van der Waals surface area contributed by atoms with Gasteiger partial charge in [-0.2, -0.15) is 4.98 Å². The number of rotatable bonds is 5.